The van der Waals surface area contributed by atoms with Crippen molar-refractivity contribution in [2.45, 2.75) is 32.4 Å². The molecule has 3 heterocycles. The highest BCUT2D eigenvalue weighted by Gasteiger charge is 2.28. The Hall–Kier alpha value is -3.48. The second-order valence-electron chi connectivity index (χ2n) is 7.27. The number of pyridine rings is 1. The minimum absolute atomic E-state index is 0.0358. The molecule has 1 aliphatic rings. The van der Waals surface area contributed by atoms with Gasteiger partial charge >= 0.3 is 0 Å². The molecule has 1 aromatic carbocycles. The van der Waals surface area contributed by atoms with Crippen molar-refractivity contribution in [1.82, 2.24) is 25.2 Å². The quantitative estimate of drug-likeness (QED) is 0.678. The normalized spacial score (nSPS) is 15.9. The van der Waals surface area contributed by atoms with Crippen molar-refractivity contribution in [3.63, 3.8) is 0 Å². The van der Waals surface area contributed by atoms with E-state index in [-0.39, 0.29) is 17.9 Å². The number of aromatic amines is 1. The molecular formula is C22H23N5O2. The predicted octanol–water partition coefficient (Wildman–Crippen LogP) is 2.70. The van der Waals surface area contributed by atoms with Crippen LogP contribution >= 0.6 is 0 Å². The summed E-state index contributed by atoms with van der Waals surface area (Å²) in [6.07, 6.45) is 4.65. The van der Waals surface area contributed by atoms with Crippen LogP contribution in [0.25, 0.3) is 11.4 Å². The number of rotatable bonds is 6. The number of imidazole rings is 1. The number of carbonyl (C=O) groups excluding carboxylic acids is 2. The number of aromatic nitrogens is 3. The summed E-state index contributed by atoms with van der Waals surface area (Å²) in [5.41, 5.74) is 3.04. The third kappa shape index (κ3) is 4.34. The number of hydrogen-bond acceptors (Lipinski definition) is 4. The summed E-state index contributed by atoms with van der Waals surface area (Å²) in [5.74, 6) is 0.553. The summed E-state index contributed by atoms with van der Waals surface area (Å²) in [4.78, 5) is 38.6. The number of amides is 2. The average Bonchev–Trinajstić information content (AvgIpc) is 3.34. The van der Waals surface area contributed by atoms with E-state index < -0.39 is 0 Å². The van der Waals surface area contributed by atoms with Gasteiger partial charge in [-0.2, -0.15) is 0 Å². The van der Waals surface area contributed by atoms with Crippen LogP contribution in [-0.2, 0) is 11.3 Å². The van der Waals surface area contributed by atoms with E-state index in [9.17, 15) is 9.59 Å². The Morgan fingerprint density at radius 3 is 2.62 bits per heavy atom. The highest BCUT2D eigenvalue weighted by Crippen LogP contribution is 2.20. The second kappa shape index (κ2) is 8.26. The maximum Gasteiger partial charge on any atom is 0.274 e. The van der Waals surface area contributed by atoms with Gasteiger partial charge in [-0.25, -0.2) is 4.98 Å². The van der Waals surface area contributed by atoms with Gasteiger partial charge in [0.25, 0.3) is 5.91 Å². The van der Waals surface area contributed by atoms with Crippen LogP contribution in [0.5, 0.6) is 0 Å². The molecule has 7 heteroatoms. The van der Waals surface area contributed by atoms with E-state index in [2.05, 4.69) is 20.3 Å². The average molecular weight is 389 g/mol. The van der Waals surface area contributed by atoms with Gasteiger partial charge in [0.1, 0.15) is 11.5 Å². The van der Waals surface area contributed by atoms with Gasteiger partial charge in [-0.15, -0.1) is 0 Å². The molecule has 7 nitrogen and oxygen atoms in total. The maximum atomic E-state index is 13.4. The van der Waals surface area contributed by atoms with Crippen molar-refractivity contribution in [2.24, 2.45) is 0 Å². The van der Waals surface area contributed by atoms with Crippen molar-refractivity contribution in [3.05, 3.63) is 71.8 Å². The molecule has 0 spiro atoms. The van der Waals surface area contributed by atoms with Crippen molar-refractivity contribution in [2.75, 3.05) is 6.54 Å². The fraction of sp³-hybridized carbons (Fsp3) is 0.273. The number of carbonyl (C=O) groups is 2. The zero-order chi connectivity index (χ0) is 20.2. The van der Waals surface area contributed by atoms with Gasteiger partial charge < -0.3 is 15.2 Å². The van der Waals surface area contributed by atoms with Crippen LogP contribution in [0.15, 0.2) is 54.9 Å². The lowest BCUT2D eigenvalue weighted by molar-refractivity contribution is -0.119. The Balaban J connectivity index is 1.60. The van der Waals surface area contributed by atoms with E-state index in [1.165, 1.54) is 0 Å². The molecule has 2 aromatic heterocycles. The molecule has 148 valence electrons. The molecule has 1 aliphatic heterocycles. The summed E-state index contributed by atoms with van der Waals surface area (Å²) < 4.78 is 0. The molecule has 3 aromatic rings. The Kier molecular flexibility index (Phi) is 5.37. The third-order valence-corrected chi connectivity index (χ3v) is 5.07. The molecule has 1 unspecified atom stereocenters. The highest BCUT2D eigenvalue weighted by atomic mass is 16.2. The van der Waals surface area contributed by atoms with Crippen molar-refractivity contribution >= 4 is 11.8 Å². The Morgan fingerprint density at radius 1 is 1.17 bits per heavy atom. The monoisotopic (exact) mass is 389 g/mol. The van der Waals surface area contributed by atoms with Crippen LogP contribution in [0.1, 0.15) is 34.6 Å². The molecule has 1 fully saturated rings. The van der Waals surface area contributed by atoms with E-state index in [1.54, 1.807) is 17.3 Å². The SMILES string of the molecule is Cc1[nH]c(-c2ccccc2)nc1C(=O)N(Cc1ccncc1)CC1CCC(=O)N1. The van der Waals surface area contributed by atoms with Crippen LogP contribution < -0.4 is 5.32 Å². The molecule has 29 heavy (non-hydrogen) atoms. The molecule has 0 aliphatic carbocycles. The van der Waals surface area contributed by atoms with Crippen LogP contribution in [-0.4, -0.2) is 44.3 Å². The van der Waals surface area contributed by atoms with Gasteiger partial charge in [0.15, 0.2) is 0 Å². The van der Waals surface area contributed by atoms with Gasteiger partial charge in [0, 0.05) is 49.2 Å². The van der Waals surface area contributed by atoms with Crippen molar-refractivity contribution in [1.29, 1.82) is 0 Å². The van der Waals surface area contributed by atoms with Gasteiger partial charge in [0.05, 0.1) is 0 Å². The first kappa shape index (κ1) is 18.9. The Morgan fingerprint density at radius 2 is 1.93 bits per heavy atom. The first-order valence-electron chi connectivity index (χ1n) is 9.69. The zero-order valence-electron chi connectivity index (χ0n) is 16.3. The van der Waals surface area contributed by atoms with Crippen LogP contribution in [0, 0.1) is 6.92 Å². The number of nitrogens with one attached hydrogen (secondary N) is 2. The summed E-state index contributed by atoms with van der Waals surface area (Å²) >= 11 is 0. The highest BCUT2D eigenvalue weighted by molar-refractivity contribution is 5.94. The number of benzene rings is 1. The minimum Gasteiger partial charge on any atom is -0.352 e. The molecule has 0 saturated carbocycles. The van der Waals surface area contributed by atoms with E-state index in [1.807, 2.05) is 49.4 Å². The van der Waals surface area contributed by atoms with Gasteiger partial charge in [-0.05, 0) is 31.0 Å². The molecule has 0 radical (unpaired) electrons. The van der Waals surface area contributed by atoms with Gasteiger partial charge in [0.2, 0.25) is 5.91 Å². The number of H-pyrrole nitrogens is 1. The zero-order valence-corrected chi connectivity index (χ0v) is 16.3. The smallest absolute Gasteiger partial charge is 0.274 e. The Labute approximate surface area is 169 Å². The minimum atomic E-state index is -0.154. The fourth-order valence-corrected chi connectivity index (χ4v) is 3.56. The first-order valence-corrected chi connectivity index (χ1v) is 9.69. The predicted molar refractivity (Wildman–Crippen MR) is 109 cm³/mol. The van der Waals surface area contributed by atoms with Gasteiger partial charge in [-0.1, -0.05) is 30.3 Å². The molecule has 1 saturated heterocycles. The van der Waals surface area contributed by atoms with E-state index in [0.29, 0.717) is 31.0 Å². The number of nitrogens with zero attached hydrogens (tertiary/aromatic N) is 3. The molecule has 1 atom stereocenters. The molecular weight excluding hydrogens is 366 g/mol. The fourth-order valence-electron chi connectivity index (χ4n) is 3.56. The number of hydrogen-bond donors (Lipinski definition) is 2. The topological polar surface area (TPSA) is 91.0 Å². The first-order chi connectivity index (χ1) is 14.1. The molecule has 2 N–H and O–H groups in total. The standard InChI is InChI=1S/C22H23N5O2/c1-15-20(26-21(24-15)17-5-3-2-4-6-17)22(29)27(13-16-9-11-23-12-10-16)14-18-7-8-19(28)25-18/h2-6,9-12,18H,7-8,13-14H2,1H3,(H,24,26)(H,25,28). The van der Waals surface area contributed by atoms with Crippen LogP contribution in [0.3, 0.4) is 0 Å². The summed E-state index contributed by atoms with van der Waals surface area (Å²) in [7, 11) is 0. The van der Waals surface area contributed by atoms with Gasteiger partial charge in [-0.3, -0.25) is 14.6 Å². The van der Waals surface area contributed by atoms with Crippen LogP contribution in [0.2, 0.25) is 0 Å². The lowest BCUT2D eigenvalue weighted by Crippen LogP contribution is -2.41. The summed E-state index contributed by atoms with van der Waals surface area (Å²) in [6.45, 7) is 2.73. The van der Waals surface area contributed by atoms with Crippen molar-refractivity contribution in [3.8, 4) is 11.4 Å². The molecule has 2 amide bonds. The maximum absolute atomic E-state index is 13.4. The summed E-state index contributed by atoms with van der Waals surface area (Å²) in [6, 6.07) is 13.5. The second-order valence-corrected chi connectivity index (χ2v) is 7.27. The van der Waals surface area contributed by atoms with E-state index in [4.69, 9.17) is 0 Å². The Bertz CT molecular complexity index is 1000. The lowest BCUT2D eigenvalue weighted by atomic mass is 10.1. The summed E-state index contributed by atoms with van der Waals surface area (Å²) in [5, 5.41) is 2.95. The van der Waals surface area contributed by atoms with E-state index in [0.717, 1.165) is 23.2 Å². The molecule has 0 bridgehead atoms. The largest absolute Gasteiger partial charge is 0.352 e. The van der Waals surface area contributed by atoms with Crippen LogP contribution in [0.4, 0.5) is 0 Å². The number of aryl methyl sites for hydroxylation is 1. The third-order valence-electron chi connectivity index (χ3n) is 5.07. The van der Waals surface area contributed by atoms with E-state index >= 15 is 0 Å². The van der Waals surface area contributed by atoms with Crippen molar-refractivity contribution < 1.29 is 9.59 Å². The molecule has 4 rings (SSSR count). The lowest BCUT2D eigenvalue weighted by Gasteiger charge is -2.25.